The SMILES string of the molecule is Cc1nc(N)cc(-c2cccn3cc(Nc4ccn(C)n4)nc23)n1. The molecule has 0 amide bonds. The lowest BCUT2D eigenvalue weighted by molar-refractivity contribution is 0.771. The first-order valence-electron chi connectivity index (χ1n) is 7.44. The van der Waals surface area contributed by atoms with Crippen LogP contribution in [0.4, 0.5) is 17.5 Å². The number of nitrogen functional groups attached to an aromatic ring is 1. The molecule has 0 saturated carbocycles. The molecular formula is C16H16N8. The minimum atomic E-state index is 0.442. The van der Waals surface area contributed by atoms with Gasteiger partial charge in [-0.2, -0.15) is 5.10 Å². The van der Waals surface area contributed by atoms with Crippen LogP contribution < -0.4 is 11.1 Å². The minimum absolute atomic E-state index is 0.442. The first-order valence-corrected chi connectivity index (χ1v) is 7.44. The summed E-state index contributed by atoms with van der Waals surface area (Å²) in [5.74, 6) is 2.52. The van der Waals surface area contributed by atoms with Crippen LogP contribution in [0.1, 0.15) is 5.82 Å². The maximum Gasteiger partial charge on any atom is 0.153 e. The summed E-state index contributed by atoms with van der Waals surface area (Å²) in [6, 6.07) is 7.55. The molecule has 0 aliphatic carbocycles. The van der Waals surface area contributed by atoms with E-state index in [1.807, 2.05) is 55.2 Å². The Kier molecular flexibility index (Phi) is 3.16. The number of imidazole rings is 1. The van der Waals surface area contributed by atoms with Gasteiger partial charge in [0, 0.05) is 37.1 Å². The lowest BCUT2D eigenvalue weighted by Crippen LogP contribution is -1.98. The lowest BCUT2D eigenvalue weighted by Gasteiger charge is -2.04. The molecule has 8 nitrogen and oxygen atoms in total. The number of aryl methyl sites for hydroxylation is 2. The highest BCUT2D eigenvalue weighted by Gasteiger charge is 2.11. The molecule has 0 atom stereocenters. The molecule has 0 aliphatic heterocycles. The molecule has 0 aromatic carbocycles. The van der Waals surface area contributed by atoms with E-state index in [1.54, 1.807) is 10.7 Å². The van der Waals surface area contributed by atoms with Gasteiger partial charge >= 0.3 is 0 Å². The molecule has 0 saturated heterocycles. The predicted molar refractivity (Wildman–Crippen MR) is 91.9 cm³/mol. The Labute approximate surface area is 138 Å². The fraction of sp³-hybridized carbons (Fsp3) is 0.125. The average molecular weight is 320 g/mol. The quantitative estimate of drug-likeness (QED) is 0.600. The zero-order chi connectivity index (χ0) is 16.7. The topological polar surface area (TPSA) is 98.9 Å². The highest BCUT2D eigenvalue weighted by molar-refractivity contribution is 5.77. The third-order valence-corrected chi connectivity index (χ3v) is 3.59. The number of nitrogens with two attached hydrogens (primary N) is 1. The number of anilines is 3. The maximum absolute atomic E-state index is 5.85. The van der Waals surface area contributed by atoms with Crippen molar-refractivity contribution in [3.05, 3.63) is 48.7 Å². The summed E-state index contributed by atoms with van der Waals surface area (Å²) >= 11 is 0. The molecule has 120 valence electrons. The van der Waals surface area contributed by atoms with Crippen LogP contribution in [0.25, 0.3) is 16.9 Å². The molecule has 0 radical (unpaired) electrons. The van der Waals surface area contributed by atoms with Crippen molar-refractivity contribution in [3.63, 3.8) is 0 Å². The van der Waals surface area contributed by atoms with E-state index >= 15 is 0 Å². The summed E-state index contributed by atoms with van der Waals surface area (Å²) in [6.07, 6.45) is 5.72. The maximum atomic E-state index is 5.85. The standard InChI is InChI=1S/C16H16N8/c1-10-18-12(8-13(17)19-10)11-4-3-6-24-9-15(21-16(11)24)20-14-5-7-23(2)22-14/h3-9H,1-2H3,(H,20,22)(H2,17,18,19). The van der Waals surface area contributed by atoms with Gasteiger partial charge in [-0.15, -0.1) is 0 Å². The summed E-state index contributed by atoms with van der Waals surface area (Å²) in [5.41, 5.74) is 8.28. The van der Waals surface area contributed by atoms with Gasteiger partial charge in [0.2, 0.25) is 0 Å². The van der Waals surface area contributed by atoms with Crippen molar-refractivity contribution >= 4 is 23.1 Å². The second-order valence-electron chi connectivity index (χ2n) is 5.50. The zero-order valence-electron chi connectivity index (χ0n) is 13.3. The normalized spacial score (nSPS) is 11.1. The fourth-order valence-corrected chi connectivity index (χ4v) is 2.61. The third kappa shape index (κ3) is 2.54. The third-order valence-electron chi connectivity index (χ3n) is 3.59. The number of hydrogen-bond acceptors (Lipinski definition) is 6. The number of rotatable bonds is 3. The van der Waals surface area contributed by atoms with E-state index in [0.717, 1.165) is 22.7 Å². The van der Waals surface area contributed by atoms with Gasteiger partial charge in [0.05, 0.1) is 11.9 Å². The minimum Gasteiger partial charge on any atom is -0.384 e. The largest absolute Gasteiger partial charge is 0.384 e. The van der Waals surface area contributed by atoms with Gasteiger partial charge in [-0.25, -0.2) is 15.0 Å². The molecule has 0 aliphatic rings. The van der Waals surface area contributed by atoms with E-state index in [2.05, 4.69) is 25.4 Å². The van der Waals surface area contributed by atoms with E-state index in [4.69, 9.17) is 5.73 Å². The van der Waals surface area contributed by atoms with Crippen molar-refractivity contribution < 1.29 is 0 Å². The Hall–Kier alpha value is -3.42. The van der Waals surface area contributed by atoms with Gasteiger partial charge in [-0.1, -0.05) is 0 Å². The van der Waals surface area contributed by atoms with E-state index in [9.17, 15) is 0 Å². The molecule has 4 rings (SSSR count). The van der Waals surface area contributed by atoms with Crippen molar-refractivity contribution in [3.8, 4) is 11.3 Å². The lowest BCUT2D eigenvalue weighted by atomic mass is 10.2. The highest BCUT2D eigenvalue weighted by Crippen LogP contribution is 2.25. The van der Waals surface area contributed by atoms with Crippen LogP contribution in [0.15, 0.2) is 42.9 Å². The van der Waals surface area contributed by atoms with Gasteiger partial charge in [0.1, 0.15) is 17.3 Å². The van der Waals surface area contributed by atoms with Crippen LogP contribution >= 0.6 is 0 Å². The molecule has 0 unspecified atom stereocenters. The average Bonchev–Trinajstić information content (AvgIpc) is 3.11. The van der Waals surface area contributed by atoms with Crippen LogP contribution in [0.3, 0.4) is 0 Å². The van der Waals surface area contributed by atoms with Crippen molar-refractivity contribution in [1.82, 2.24) is 29.1 Å². The molecule has 0 fully saturated rings. The monoisotopic (exact) mass is 320 g/mol. The Morgan fingerprint density at radius 2 is 1.96 bits per heavy atom. The van der Waals surface area contributed by atoms with Crippen LogP contribution in [-0.2, 0) is 7.05 Å². The second kappa shape index (κ2) is 5.34. The smallest absolute Gasteiger partial charge is 0.153 e. The summed E-state index contributed by atoms with van der Waals surface area (Å²) in [7, 11) is 1.87. The molecule has 0 bridgehead atoms. The number of aromatic nitrogens is 6. The van der Waals surface area contributed by atoms with E-state index < -0.39 is 0 Å². The fourth-order valence-electron chi connectivity index (χ4n) is 2.61. The molecule has 0 spiro atoms. The highest BCUT2D eigenvalue weighted by atomic mass is 15.3. The summed E-state index contributed by atoms with van der Waals surface area (Å²) < 4.78 is 3.67. The Bertz CT molecular complexity index is 1010. The van der Waals surface area contributed by atoms with E-state index in [-0.39, 0.29) is 0 Å². The molecule has 3 N–H and O–H groups in total. The Morgan fingerprint density at radius 3 is 2.71 bits per heavy atom. The van der Waals surface area contributed by atoms with E-state index in [1.165, 1.54) is 0 Å². The van der Waals surface area contributed by atoms with E-state index in [0.29, 0.717) is 17.5 Å². The predicted octanol–water partition coefficient (Wildman–Crippen LogP) is 2.16. The first-order chi connectivity index (χ1) is 11.6. The first kappa shape index (κ1) is 14.2. The summed E-state index contributed by atoms with van der Waals surface area (Å²) in [5, 5.41) is 7.49. The van der Waals surface area contributed by atoms with Gasteiger partial charge in [-0.05, 0) is 19.1 Å². The second-order valence-corrected chi connectivity index (χ2v) is 5.50. The van der Waals surface area contributed by atoms with Crippen LogP contribution in [0, 0.1) is 6.92 Å². The van der Waals surface area contributed by atoms with Crippen molar-refractivity contribution in [2.24, 2.45) is 7.05 Å². The van der Waals surface area contributed by atoms with Gasteiger partial charge in [-0.3, -0.25) is 4.68 Å². The molecule has 8 heteroatoms. The van der Waals surface area contributed by atoms with Gasteiger partial charge in [0.25, 0.3) is 0 Å². The van der Waals surface area contributed by atoms with Gasteiger partial charge in [0.15, 0.2) is 11.6 Å². The summed E-state index contributed by atoms with van der Waals surface area (Å²) in [6.45, 7) is 1.82. The van der Waals surface area contributed by atoms with Crippen molar-refractivity contribution in [2.45, 2.75) is 6.92 Å². The van der Waals surface area contributed by atoms with Gasteiger partial charge < -0.3 is 15.5 Å². The number of nitrogens with zero attached hydrogens (tertiary/aromatic N) is 6. The number of pyridine rings is 1. The van der Waals surface area contributed by atoms with Crippen LogP contribution in [-0.4, -0.2) is 29.1 Å². The molecular weight excluding hydrogens is 304 g/mol. The number of hydrogen-bond donors (Lipinski definition) is 2. The molecule has 24 heavy (non-hydrogen) atoms. The molecule has 4 aromatic heterocycles. The Balaban J connectivity index is 1.79. The zero-order valence-corrected chi connectivity index (χ0v) is 13.3. The Morgan fingerprint density at radius 1 is 1.08 bits per heavy atom. The van der Waals surface area contributed by atoms with Crippen molar-refractivity contribution in [2.75, 3.05) is 11.1 Å². The number of nitrogens with one attached hydrogen (secondary N) is 1. The van der Waals surface area contributed by atoms with Crippen LogP contribution in [0.2, 0.25) is 0 Å². The molecule has 4 heterocycles. The van der Waals surface area contributed by atoms with Crippen molar-refractivity contribution in [1.29, 1.82) is 0 Å². The summed E-state index contributed by atoms with van der Waals surface area (Å²) in [4.78, 5) is 13.2. The molecule has 4 aromatic rings. The number of fused-ring (bicyclic) bond motifs is 1. The van der Waals surface area contributed by atoms with Crippen LogP contribution in [0.5, 0.6) is 0 Å².